The molecule has 24 heavy (non-hydrogen) atoms. The van der Waals surface area contributed by atoms with E-state index in [4.69, 9.17) is 11.6 Å². The van der Waals surface area contributed by atoms with E-state index in [1.807, 2.05) is 30.2 Å². The molecule has 0 unspecified atom stereocenters. The Hall–Kier alpha value is -1.57. The summed E-state index contributed by atoms with van der Waals surface area (Å²) < 4.78 is 0. The van der Waals surface area contributed by atoms with Gasteiger partial charge in [0.25, 0.3) is 5.91 Å². The largest absolute Gasteiger partial charge is 0.336 e. The average molecular weight is 366 g/mol. The number of rotatable bonds is 4. The van der Waals surface area contributed by atoms with Gasteiger partial charge in [0.05, 0.1) is 17.1 Å². The van der Waals surface area contributed by atoms with Crippen molar-refractivity contribution in [2.24, 2.45) is 0 Å². The Bertz CT molecular complexity index is 727. The Morgan fingerprint density at radius 2 is 2.08 bits per heavy atom. The Balaban J connectivity index is 1.61. The Morgan fingerprint density at radius 1 is 1.33 bits per heavy atom. The summed E-state index contributed by atoms with van der Waals surface area (Å²) in [5.41, 5.74) is 0.585. The second-order valence-corrected chi connectivity index (χ2v) is 7.04. The number of nitrogens with zero attached hydrogens (tertiary/aromatic N) is 4. The maximum Gasteiger partial charge on any atom is 0.255 e. The van der Waals surface area contributed by atoms with E-state index in [0.717, 1.165) is 29.6 Å². The highest BCUT2D eigenvalue weighted by atomic mass is 35.5. The molecule has 1 aliphatic rings. The Labute approximate surface area is 150 Å². The molecular formula is C16H20ClN5OS. The fraction of sp³-hybridized carbons (Fsp3) is 0.438. The number of benzene rings is 1. The average Bonchev–Trinajstić information content (AvgIpc) is 3.00. The highest BCUT2D eigenvalue weighted by Gasteiger charge is 2.24. The van der Waals surface area contributed by atoms with E-state index in [1.165, 1.54) is 0 Å². The van der Waals surface area contributed by atoms with Gasteiger partial charge in [0.2, 0.25) is 0 Å². The van der Waals surface area contributed by atoms with Crippen molar-refractivity contribution in [2.75, 3.05) is 32.4 Å². The fourth-order valence-corrected chi connectivity index (χ4v) is 3.37. The minimum atomic E-state index is 0.00397. The van der Waals surface area contributed by atoms with Crippen LogP contribution in [0.2, 0.25) is 5.02 Å². The van der Waals surface area contributed by atoms with E-state index in [2.05, 4.69) is 20.1 Å². The number of hydrogen-bond acceptors (Lipinski definition) is 5. The maximum absolute atomic E-state index is 12.7. The third kappa shape index (κ3) is 3.91. The molecule has 0 saturated carbocycles. The topological polar surface area (TPSA) is 65.1 Å². The summed E-state index contributed by atoms with van der Waals surface area (Å²) in [5, 5.41) is 7.53. The number of aryl methyl sites for hydroxylation is 1. The number of carbonyl (C=O) groups excluding carboxylic acids is 1. The predicted octanol–water partition coefficient (Wildman–Crippen LogP) is 2.45. The summed E-state index contributed by atoms with van der Waals surface area (Å²) >= 11 is 7.82. The number of piperazine rings is 1. The smallest absolute Gasteiger partial charge is 0.255 e. The van der Waals surface area contributed by atoms with Crippen molar-refractivity contribution < 1.29 is 4.79 Å². The van der Waals surface area contributed by atoms with Crippen molar-refractivity contribution in [3.05, 3.63) is 40.4 Å². The Morgan fingerprint density at radius 3 is 2.71 bits per heavy atom. The molecule has 0 spiro atoms. The molecule has 0 radical (unpaired) electrons. The molecule has 6 nitrogen and oxygen atoms in total. The van der Waals surface area contributed by atoms with Gasteiger partial charge in [-0.15, -0.1) is 11.8 Å². The molecular weight excluding hydrogens is 346 g/mol. The summed E-state index contributed by atoms with van der Waals surface area (Å²) in [7, 11) is 0. The van der Waals surface area contributed by atoms with E-state index in [1.54, 1.807) is 17.8 Å². The molecule has 8 heteroatoms. The third-order valence-corrected chi connectivity index (χ3v) is 5.13. The van der Waals surface area contributed by atoms with Gasteiger partial charge in [-0.05, 0) is 31.4 Å². The molecule has 3 rings (SSSR count). The highest BCUT2D eigenvalue weighted by Crippen LogP contribution is 2.24. The standard InChI is InChI=1S/C16H20ClN5OS/c1-11-18-15(20-19-11)10-21-5-7-22(8-6-21)16(23)13-9-12(24-2)3-4-14(13)17/h3-4,9H,5-8,10H2,1-2H3,(H,18,19,20). The number of hydrogen-bond donors (Lipinski definition) is 1. The van der Waals surface area contributed by atoms with Crippen LogP contribution >= 0.6 is 23.4 Å². The van der Waals surface area contributed by atoms with E-state index in [0.29, 0.717) is 30.2 Å². The van der Waals surface area contributed by atoms with Crippen LogP contribution in [0.4, 0.5) is 0 Å². The summed E-state index contributed by atoms with van der Waals surface area (Å²) in [6.07, 6.45) is 1.99. The zero-order valence-electron chi connectivity index (χ0n) is 13.8. The zero-order valence-corrected chi connectivity index (χ0v) is 15.3. The van der Waals surface area contributed by atoms with Crippen LogP contribution in [0, 0.1) is 6.92 Å². The number of nitrogens with one attached hydrogen (secondary N) is 1. The normalized spacial score (nSPS) is 15.7. The minimum Gasteiger partial charge on any atom is -0.336 e. The van der Waals surface area contributed by atoms with Gasteiger partial charge in [-0.25, -0.2) is 4.98 Å². The fourth-order valence-electron chi connectivity index (χ4n) is 2.73. The SMILES string of the molecule is CSc1ccc(Cl)c(C(=O)N2CCN(Cc3n[nH]c(C)n3)CC2)c1. The molecule has 1 amide bonds. The van der Waals surface area contributed by atoms with Gasteiger partial charge in [-0.2, -0.15) is 5.10 Å². The van der Waals surface area contributed by atoms with Crippen LogP contribution < -0.4 is 0 Å². The van der Waals surface area contributed by atoms with Gasteiger partial charge in [-0.1, -0.05) is 11.6 Å². The number of H-pyrrole nitrogens is 1. The van der Waals surface area contributed by atoms with Gasteiger partial charge in [-0.3, -0.25) is 14.8 Å². The maximum atomic E-state index is 12.7. The molecule has 1 aliphatic heterocycles. The summed E-state index contributed by atoms with van der Waals surface area (Å²) in [5.74, 6) is 1.62. The quantitative estimate of drug-likeness (QED) is 0.843. The van der Waals surface area contributed by atoms with Gasteiger partial charge in [0.1, 0.15) is 5.82 Å². The van der Waals surface area contributed by atoms with Crippen LogP contribution in [0.3, 0.4) is 0 Å². The van der Waals surface area contributed by atoms with E-state index < -0.39 is 0 Å². The van der Waals surface area contributed by atoms with Crippen LogP contribution in [0.1, 0.15) is 22.0 Å². The van der Waals surface area contributed by atoms with Crippen molar-refractivity contribution in [1.82, 2.24) is 25.0 Å². The van der Waals surface area contributed by atoms with Crippen molar-refractivity contribution >= 4 is 29.3 Å². The first-order valence-electron chi connectivity index (χ1n) is 7.80. The molecule has 1 aromatic carbocycles. The number of halogens is 1. The van der Waals surface area contributed by atoms with Crippen LogP contribution in [0.5, 0.6) is 0 Å². The molecule has 0 bridgehead atoms. The molecule has 1 saturated heterocycles. The summed E-state index contributed by atoms with van der Waals surface area (Å²) in [6, 6.07) is 5.60. The van der Waals surface area contributed by atoms with Crippen molar-refractivity contribution in [2.45, 2.75) is 18.4 Å². The number of aromatic nitrogens is 3. The number of amides is 1. The third-order valence-electron chi connectivity index (χ3n) is 4.07. The molecule has 0 aliphatic carbocycles. The molecule has 1 aromatic heterocycles. The molecule has 2 heterocycles. The van der Waals surface area contributed by atoms with E-state index >= 15 is 0 Å². The number of aromatic amines is 1. The zero-order chi connectivity index (χ0) is 17.1. The van der Waals surface area contributed by atoms with Crippen molar-refractivity contribution in [1.29, 1.82) is 0 Å². The lowest BCUT2D eigenvalue weighted by Crippen LogP contribution is -2.48. The van der Waals surface area contributed by atoms with E-state index in [9.17, 15) is 4.79 Å². The first-order valence-corrected chi connectivity index (χ1v) is 9.40. The lowest BCUT2D eigenvalue weighted by Gasteiger charge is -2.34. The van der Waals surface area contributed by atoms with E-state index in [-0.39, 0.29) is 5.91 Å². The molecule has 0 atom stereocenters. The second kappa shape index (κ2) is 7.55. The first kappa shape index (κ1) is 17.3. The van der Waals surface area contributed by atoms with Gasteiger partial charge >= 0.3 is 0 Å². The molecule has 128 valence electrons. The second-order valence-electron chi connectivity index (χ2n) is 5.75. The predicted molar refractivity (Wildman–Crippen MR) is 95.5 cm³/mol. The number of thioether (sulfide) groups is 1. The van der Waals surface area contributed by atoms with Gasteiger partial charge < -0.3 is 4.90 Å². The molecule has 1 fully saturated rings. The Kier molecular flexibility index (Phi) is 5.43. The van der Waals surface area contributed by atoms with Crippen molar-refractivity contribution in [3.63, 3.8) is 0 Å². The van der Waals surface area contributed by atoms with Crippen LogP contribution in [-0.2, 0) is 6.54 Å². The monoisotopic (exact) mass is 365 g/mol. The highest BCUT2D eigenvalue weighted by molar-refractivity contribution is 7.98. The summed E-state index contributed by atoms with van der Waals surface area (Å²) in [4.78, 5) is 22.2. The van der Waals surface area contributed by atoms with Gasteiger partial charge in [0, 0.05) is 31.1 Å². The number of carbonyl (C=O) groups is 1. The van der Waals surface area contributed by atoms with Crippen LogP contribution in [0.15, 0.2) is 23.1 Å². The summed E-state index contributed by atoms with van der Waals surface area (Å²) in [6.45, 7) is 5.57. The molecule has 1 N–H and O–H groups in total. The van der Waals surface area contributed by atoms with Crippen molar-refractivity contribution in [3.8, 4) is 0 Å². The minimum absolute atomic E-state index is 0.00397. The molecule has 2 aromatic rings. The van der Waals surface area contributed by atoms with Crippen LogP contribution in [0.25, 0.3) is 0 Å². The van der Waals surface area contributed by atoms with Gasteiger partial charge in [0.15, 0.2) is 5.82 Å². The first-order chi connectivity index (χ1) is 11.6. The van der Waals surface area contributed by atoms with Crippen LogP contribution in [-0.4, -0.2) is 63.3 Å². The lowest BCUT2D eigenvalue weighted by atomic mass is 10.1. The lowest BCUT2D eigenvalue weighted by molar-refractivity contribution is 0.0625.